The molecule has 0 aliphatic rings. The van der Waals surface area contributed by atoms with E-state index >= 15 is 0 Å². The summed E-state index contributed by atoms with van der Waals surface area (Å²) in [6, 6.07) is 67.4. The van der Waals surface area contributed by atoms with Crippen molar-refractivity contribution >= 4 is 104 Å². The van der Waals surface area contributed by atoms with Crippen LogP contribution in [0.15, 0.2) is 197 Å². The lowest BCUT2D eigenvalue weighted by Gasteiger charge is -2.28. The van der Waals surface area contributed by atoms with Gasteiger partial charge in [-0.2, -0.15) is 0 Å². The number of furan rings is 2. The number of para-hydroxylation sites is 3. The Balaban J connectivity index is 1.08. The molecular formula is C52H31NO2. The zero-order chi connectivity index (χ0) is 36.0. The van der Waals surface area contributed by atoms with Crippen molar-refractivity contribution in [2.45, 2.75) is 0 Å². The number of hydrogen-bond donors (Lipinski definition) is 0. The lowest BCUT2D eigenvalue weighted by Crippen LogP contribution is -2.10. The highest BCUT2D eigenvalue weighted by atomic mass is 16.3. The van der Waals surface area contributed by atoms with Crippen LogP contribution in [-0.4, -0.2) is 0 Å². The van der Waals surface area contributed by atoms with E-state index in [1.165, 1.54) is 32.3 Å². The first-order chi connectivity index (χ1) is 27.3. The van der Waals surface area contributed by atoms with Crippen molar-refractivity contribution in [2.24, 2.45) is 0 Å². The molecule has 3 nitrogen and oxygen atoms in total. The molecule has 0 atom stereocenters. The molecule has 10 aromatic carbocycles. The third kappa shape index (κ3) is 4.50. The molecule has 0 bridgehead atoms. The highest BCUT2D eigenvalue weighted by Crippen LogP contribution is 2.45. The van der Waals surface area contributed by atoms with E-state index in [0.29, 0.717) is 0 Å². The molecule has 0 radical (unpaired) electrons. The smallest absolute Gasteiger partial charge is 0.143 e. The highest BCUT2D eigenvalue weighted by Gasteiger charge is 2.20. The molecular weight excluding hydrogens is 671 g/mol. The van der Waals surface area contributed by atoms with Crippen molar-refractivity contribution in [1.82, 2.24) is 0 Å². The molecule has 0 N–H and O–H groups in total. The number of nitrogens with zero attached hydrogens (tertiary/aromatic N) is 1. The molecule has 2 aromatic heterocycles. The Hall–Kier alpha value is -7.36. The first-order valence-electron chi connectivity index (χ1n) is 18.7. The van der Waals surface area contributed by atoms with Gasteiger partial charge in [0.15, 0.2) is 0 Å². The summed E-state index contributed by atoms with van der Waals surface area (Å²) in [6.07, 6.45) is 0. The molecule has 12 aromatic rings. The molecule has 0 saturated carbocycles. The van der Waals surface area contributed by atoms with E-state index in [4.69, 9.17) is 8.83 Å². The Morgan fingerprint density at radius 2 is 0.891 bits per heavy atom. The predicted octanol–water partition coefficient (Wildman–Crippen LogP) is 15.2. The summed E-state index contributed by atoms with van der Waals surface area (Å²) in [7, 11) is 0. The third-order valence-electron chi connectivity index (χ3n) is 11.4. The van der Waals surface area contributed by atoms with E-state index in [1.807, 2.05) is 18.2 Å². The maximum absolute atomic E-state index is 6.55. The zero-order valence-corrected chi connectivity index (χ0v) is 29.7. The highest BCUT2D eigenvalue weighted by molar-refractivity contribution is 6.23. The van der Waals surface area contributed by atoms with Crippen LogP contribution in [0.1, 0.15) is 0 Å². The summed E-state index contributed by atoms with van der Waals surface area (Å²) in [6.45, 7) is 0. The molecule has 0 amide bonds. The largest absolute Gasteiger partial charge is 0.455 e. The Labute approximate surface area is 315 Å². The molecule has 55 heavy (non-hydrogen) atoms. The second kappa shape index (κ2) is 11.6. The SMILES string of the molecule is c1ccc2c(c1)cc(N(c1ccc(-c3cccc4c3oc3ccccc34)cc1)c1ccc3c(ccc4ccc5c6ccccc6oc5c43)c1)c1ccccc12. The van der Waals surface area contributed by atoms with Crippen LogP contribution < -0.4 is 4.90 Å². The molecule has 0 spiro atoms. The van der Waals surface area contributed by atoms with Crippen molar-refractivity contribution in [3.8, 4) is 11.1 Å². The van der Waals surface area contributed by atoms with Crippen LogP contribution in [-0.2, 0) is 0 Å². The Morgan fingerprint density at radius 3 is 1.69 bits per heavy atom. The minimum absolute atomic E-state index is 0.904. The fourth-order valence-electron chi connectivity index (χ4n) is 8.87. The molecule has 0 saturated heterocycles. The van der Waals surface area contributed by atoms with Gasteiger partial charge in [0.25, 0.3) is 0 Å². The molecule has 12 rings (SSSR count). The van der Waals surface area contributed by atoms with E-state index < -0.39 is 0 Å². The fourth-order valence-corrected chi connectivity index (χ4v) is 8.87. The first-order valence-corrected chi connectivity index (χ1v) is 18.7. The van der Waals surface area contributed by atoms with Crippen molar-refractivity contribution in [3.63, 3.8) is 0 Å². The third-order valence-corrected chi connectivity index (χ3v) is 11.4. The van der Waals surface area contributed by atoms with Crippen LogP contribution >= 0.6 is 0 Å². The van der Waals surface area contributed by atoms with Crippen molar-refractivity contribution in [1.29, 1.82) is 0 Å². The minimum atomic E-state index is 0.904. The van der Waals surface area contributed by atoms with Gasteiger partial charge in [-0.05, 0) is 86.4 Å². The Bertz CT molecular complexity index is 3500. The minimum Gasteiger partial charge on any atom is -0.455 e. The van der Waals surface area contributed by atoms with Crippen LogP contribution in [0.3, 0.4) is 0 Å². The second-order valence-corrected chi connectivity index (χ2v) is 14.4. The van der Waals surface area contributed by atoms with Gasteiger partial charge in [-0.1, -0.05) is 140 Å². The first kappa shape index (κ1) is 30.1. The quantitative estimate of drug-likeness (QED) is 0.171. The molecule has 0 aliphatic heterocycles. The van der Waals surface area contributed by atoms with E-state index in [9.17, 15) is 0 Å². The van der Waals surface area contributed by atoms with Gasteiger partial charge >= 0.3 is 0 Å². The maximum atomic E-state index is 6.55. The summed E-state index contributed by atoms with van der Waals surface area (Å²) < 4.78 is 13.0. The van der Waals surface area contributed by atoms with Gasteiger partial charge in [-0.3, -0.25) is 0 Å². The van der Waals surface area contributed by atoms with Gasteiger partial charge in [0.1, 0.15) is 22.3 Å². The van der Waals surface area contributed by atoms with Crippen LogP contribution in [0.4, 0.5) is 17.1 Å². The standard InChI is InChI=1S/C52H31NO2/c1-2-11-38-34(10-1)31-47(42-13-4-3-12-41(38)42)53(36-25-22-32(23-26-36)40-16-9-17-45-43-14-5-7-18-48(43)54-51(40)45)37-27-29-39-35(30-37)21-20-33-24-28-46-44-15-6-8-19-49(44)55-52(46)50(33)39/h1-31H. The number of hydrogen-bond acceptors (Lipinski definition) is 3. The van der Waals surface area contributed by atoms with E-state index in [1.54, 1.807) is 0 Å². The molecule has 3 heteroatoms. The number of fused-ring (bicyclic) bond motifs is 13. The lowest BCUT2D eigenvalue weighted by atomic mass is 9.97. The Kier molecular flexibility index (Phi) is 6.34. The van der Waals surface area contributed by atoms with E-state index in [-0.39, 0.29) is 0 Å². The normalized spacial score (nSPS) is 12.0. The molecule has 256 valence electrons. The molecule has 2 heterocycles. The van der Waals surface area contributed by atoms with Crippen LogP contribution in [0, 0.1) is 0 Å². The number of anilines is 3. The number of benzene rings is 10. The summed E-state index contributed by atoms with van der Waals surface area (Å²) in [4.78, 5) is 2.41. The van der Waals surface area contributed by atoms with Gasteiger partial charge in [0, 0.05) is 49.3 Å². The van der Waals surface area contributed by atoms with Gasteiger partial charge in [-0.15, -0.1) is 0 Å². The zero-order valence-electron chi connectivity index (χ0n) is 29.7. The lowest BCUT2D eigenvalue weighted by molar-refractivity contribution is 0.670. The summed E-state index contributed by atoms with van der Waals surface area (Å²) >= 11 is 0. The summed E-state index contributed by atoms with van der Waals surface area (Å²) in [5, 5.41) is 14.1. The van der Waals surface area contributed by atoms with Gasteiger partial charge < -0.3 is 13.7 Å². The van der Waals surface area contributed by atoms with Gasteiger partial charge in [0.2, 0.25) is 0 Å². The topological polar surface area (TPSA) is 29.5 Å². The summed E-state index contributed by atoms with van der Waals surface area (Å²) in [5.74, 6) is 0. The average Bonchev–Trinajstić information content (AvgIpc) is 3.83. The van der Waals surface area contributed by atoms with Crippen molar-refractivity contribution in [2.75, 3.05) is 4.90 Å². The molecule has 0 aliphatic carbocycles. The van der Waals surface area contributed by atoms with Gasteiger partial charge in [-0.25, -0.2) is 0 Å². The monoisotopic (exact) mass is 701 g/mol. The van der Waals surface area contributed by atoms with E-state index in [2.05, 4.69) is 175 Å². The Morgan fingerprint density at radius 1 is 0.327 bits per heavy atom. The predicted molar refractivity (Wildman–Crippen MR) is 231 cm³/mol. The van der Waals surface area contributed by atoms with Crippen LogP contribution in [0.25, 0.3) is 98.1 Å². The van der Waals surface area contributed by atoms with E-state index in [0.717, 1.165) is 82.8 Å². The molecule has 0 fully saturated rings. The molecule has 0 unspecified atom stereocenters. The average molecular weight is 702 g/mol. The van der Waals surface area contributed by atoms with Crippen LogP contribution in [0.5, 0.6) is 0 Å². The fraction of sp³-hybridized carbons (Fsp3) is 0. The van der Waals surface area contributed by atoms with Crippen molar-refractivity contribution < 1.29 is 8.83 Å². The maximum Gasteiger partial charge on any atom is 0.143 e. The van der Waals surface area contributed by atoms with Gasteiger partial charge in [0.05, 0.1) is 5.69 Å². The summed E-state index contributed by atoms with van der Waals surface area (Å²) in [5.41, 5.74) is 9.12. The van der Waals surface area contributed by atoms with Crippen molar-refractivity contribution in [3.05, 3.63) is 188 Å². The van der Waals surface area contributed by atoms with Crippen LogP contribution in [0.2, 0.25) is 0 Å². The second-order valence-electron chi connectivity index (χ2n) is 14.4. The number of rotatable bonds is 4.